The summed E-state index contributed by atoms with van der Waals surface area (Å²) < 4.78 is 1.86. The number of hydrogen-bond acceptors (Lipinski definition) is 4. The zero-order valence-corrected chi connectivity index (χ0v) is 8.78. The van der Waals surface area contributed by atoms with Gasteiger partial charge in [0.2, 0.25) is 0 Å². The van der Waals surface area contributed by atoms with Crippen LogP contribution in [-0.4, -0.2) is 19.6 Å². The standard InChI is InChI=1S/C12H7N5/c13-7-9-1-3-10(4-2-9)12-16-15-11-8-14-5-6-17(11)12/h1-6,8H. The van der Waals surface area contributed by atoms with Crippen molar-refractivity contribution in [1.82, 2.24) is 19.6 Å². The molecule has 0 radical (unpaired) electrons. The quantitative estimate of drug-likeness (QED) is 0.626. The molecule has 0 atom stereocenters. The Morgan fingerprint density at radius 1 is 1.12 bits per heavy atom. The summed E-state index contributed by atoms with van der Waals surface area (Å²) in [4.78, 5) is 3.98. The Balaban J connectivity index is 2.17. The van der Waals surface area contributed by atoms with Crippen LogP contribution < -0.4 is 0 Å². The lowest BCUT2D eigenvalue weighted by molar-refractivity contribution is 1.11. The van der Waals surface area contributed by atoms with Crippen molar-refractivity contribution >= 4 is 5.65 Å². The van der Waals surface area contributed by atoms with Crippen molar-refractivity contribution in [2.75, 3.05) is 0 Å². The van der Waals surface area contributed by atoms with Crippen LogP contribution in [-0.2, 0) is 0 Å². The number of nitriles is 1. The van der Waals surface area contributed by atoms with Gasteiger partial charge in [-0.15, -0.1) is 10.2 Å². The van der Waals surface area contributed by atoms with Gasteiger partial charge in [0.1, 0.15) is 0 Å². The Morgan fingerprint density at radius 2 is 1.94 bits per heavy atom. The van der Waals surface area contributed by atoms with E-state index in [0.29, 0.717) is 11.2 Å². The third kappa shape index (κ3) is 1.52. The van der Waals surface area contributed by atoms with Crippen LogP contribution in [0, 0.1) is 11.3 Å². The third-order valence-corrected chi connectivity index (χ3v) is 2.49. The molecule has 5 heteroatoms. The van der Waals surface area contributed by atoms with Crippen LogP contribution in [0.2, 0.25) is 0 Å². The molecule has 5 nitrogen and oxygen atoms in total. The zero-order valence-electron chi connectivity index (χ0n) is 8.78. The van der Waals surface area contributed by atoms with Crippen LogP contribution in [0.15, 0.2) is 42.9 Å². The van der Waals surface area contributed by atoms with Crippen molar-refractivity contribution in [3.8, 4) is 17.5 Å². The Hall–Kier alpha value is -2.74. The Bertz CT molecular complexity index is 706. The maximum atomic E-state index is 8.74. The second kappa shape index (κ2) is 3.68. The van der Waals surface area contributed by atoms with Gasteiger partial charge >= 0.3 is 0 Å². The first kappa shape index (κ1) is 9.48. The summed E-state index contributed by atoms with van der Waals surface area (Å²) in [5, 5.41) is 16.9. The SMILES string of the molecule is N#Cc1ccc(-c2nnc3cnccn23)cc1. The first-order valence-electron chi connectivity index (χ1n) is 5.04. The van der Waals surface area contributed by atoms with Crippen molar-refractivity contribution in [2.45, 2.75) is 0 Å². The lowest BCUT2D eigenvalue weighted by Crippen LogP contribution is -1.89. The first-order chi connectivity index (χ1) is 8.38. The van der Waals surface area contributed by atoms with Crippen molar-refractivity contribution < 1.29 is 0 Å². The molecule has 0 aliphatic heterocycles. The van der Waals surface area contributed by atoms with E-state index in [1.807, 2.05) is 22.7 Å². The van der Waals surface area contributed by atoms with Gasteiger partial charge in [0.15, 0.2) is 11.5 Å². The molecule has 0 saturated carbocycles. The van der Waals surface area contributed by atoms with Gasteiger partial charge in [0.05, 0.1) is 17.8 Å². The number of hydrogen-bond donors (Lipinski definition) is 0. The highest BCUT2D eigenvalue weighted by molar-refractivity contribution is 5.59. The molecular weight excluding hydrogens is 214 g/mol. The lowest BCUT2D eigenvalue weighted by atomic mass is 10.1. The van der Waals surface area contributed by atoms with E-state index in [1.165, 1.54) is 0 Å². The van der Waals surface area contributed by atoms with Crippen molar-refractivity contribution in [3.05, 3.63) is 48.4 Å². The van der Waals surface area contributed by atoms with E-state index in [1.54, 1.807) is 24.5 Å². The zero-order chi connectivity index (χ0) is 11.7. The molecule has 3 aromatic rings. The summed E-state index contributed by atoms with van der Waals surface area (Å²) in [6.45, 7) is 0. The minimum Gasteiger partial charge on any atom is -0.280 e. The first-order valence-corrected chi connectivity index (χ1v) is 5.04. The van der Waals surface area contributed by atoms with Gasteiger partial charge < -0.3 is 0 Å². The van der Waals surface area contributed by atoms with Gasteiger partial charge in [-0.1, -0.05) is 0 Å². The summed E-state index contributed by atoms with van der Waals surface area (Å²) in [7, 11) is 0. The number of fused-ring (bicyclic) bond motifs is 1. The van der Waals surface area contributed by atoms with E-state index >= 15 is 0 Å². The average molecular weight is 221 g/mol. The molecule has 1 aromatic carbocycles. The van der Waals surface area contributed by atoms with Gasteiger partial charge in [-0.3, -0.25) is 9.38 Å². The fraction of sp³-hybridized carbons (Fsp3) is 0. The van der Waals surface area contributed by atoms with Crippen molar-refractivity contribution in [3.63, 3.8) is 0 Å². The monoisotopic (exact) mass is 221 g/mol. The predicted molar refractivity (Wildman–Crippen MR) is 60.9 cm³/mol. The third-order valence-electron chi connectivity index (χ3n) is 2.49. The number of aromatic nitrogens is 4. The molecule has 0 unspecified atom stereocenters. The Kier molecular flexibility index (Phi) is 2.06. The maximum absolute atomic E-state index is 8.74. The summed E-state index contributed by atoms with van der Waals surface area (Å²) in [5.41, 5.74) is 2.25. The number of rotatable bonds is 1. The van der Waals surface area contributed by atoms with Crippen LogP contribution in [0.3, 0.4) is 0 Å². The molecule has 0 N–H and O–H groups in total. The van der Waals surface area contributed by atoms with Gasteiger partial charge in [-0.05, 0) is 24.3 Å². The summed E-state index contributed by atoms with van der Waals surface area (Å²) >= 11 is 0. The van der Waals surface area contributed by atoms with Crippen molar-refractivity contribution in [1.29, 1.82) is 5.26 Å². The second-order valence-corrected chi connectivity index (χ2v) is 3.52. The van der Waals surface area contributed by atoms with E-state index in [-0.39, 0.29) is 0 Å². The molecule has 0 aliphatic rings. The molecule has 0 amide bonds. The average Bonchev–Trinajstić information content (AvgIpc) is 2.83. The maximum Gasteiger partial charge on any atom is 0.179 e. The fourth-order valence-corrected chi connectivity index (χ4v) is 1.64. The summed E-state index contributed by atoms with van der Waals surface area (Å²) in [6, 6.07) is 9.32. The largest absolute Gasteiger partial charge is 0.280 e. The molecular formula is C12H7N5. The highest BCUT2D eigenvalue weighted by Gasteiger charge is 2.06. The van der Waals surface area contributed by atoms with Gasteiger partial charge in [0.25, 0.3) is 0 Å². The smallest absolute Gasteiger partial charge is 0.179 e. The van der Waals surface area contributed by atoms with E-state index in [4.69, 9.17) is 5.26 Å². The molecule has 0 bridgehead atoms. The van der Waals surface area contributed by atoms with E-state index in [9.17, 15) is 0 Å². The van der Waals surface area contributed by atoms with Crippen LogP contribution in [0.25, 0.3) is 17.0 Å². The van der Waals surface area contributed by atoms with Crippen LogP contribution in [0.5, 0.6) is 0 Å². The summed E-state index contributed by atoms with van der Waals surface area (Å²) in [5.74, 6) is 0.742. The number of benzene rings is 1. The minimum absolute atomic E-state index is 0.629. The molecule has 3 rings (SSSR count). The van der Waals surface area contributed by atoms with E-state index < -0.39 is 0 Å². The van der Waals surface area contributed by atoms with Gasteiger partial charge in [-0.2, -0.15) is 5.26 Å². The normalized spacial score (nSPS) is 10.3. The molecule has 80 valence electrons. The molecule has 0 saturated heterocycles. The highest BCUT2D eigenvalue weighted by Crippen LogP contribution is 2.17. The molecule has 2 aromatic heterocycles. The summed E-state index contributed by atoms with van der Waals surface area (Å²) in [6.07, 6.45) is 5.15. The molecule has 0 spiro atoms. The molecule has 0 fully saturated rings. The van der Waals surface area contributed by atoms with Crippen LogP contribution >= 0.6 is 0 Å². The number of nitrogens with zero attached hydrogens (tertiary/aromatic N) is 5. The van der Waals surface area contributed by atoms with E-state index in [0.717, 1.165) is 11.4 Å². The Labute approximate surface area is 97.0 Å². The lowest BCUT2D eigenvalue weighted by Gasteiger charge is -1.98. The van der Waals surface area contributed by atoms with Gasteiger partial charge in [-0.25, -0.2) is 0 Å². The topological polar surface area (TPSA) is 66.9 Å². The van der Waals surface area contributed by atoms with E-state index in [2.05, 4.69) is 21.3 Å². The highest BCUT2D eigenvalue weighted by atomic mass is 15.2. The second-order valence-electron chi connectivity index (χ2n) is 3.52. The Morgan fingerprint density at radius 3 is 2.71 bits per heavy atom. The molecule has 17 heavy (non-hydrogen) atoms. The van der Waals surface area contributed by atoms with Crippen molar-refractivity contribution in [2.24, 2.45) is 0 Å². The van der Waals surface area contributed by atoms with Gasteiger partial charge in [0, 0.05) is 18.0 Å². The minimum atomic E-state index is 0.629. The predicted octanol–water partition coefficient (Wildman–Crippen LogP) is 1.66. The van der Waals surface area contributed by atoms with Crippen LogP contribution in [0.1, 0.15) is 5.56 Å². The van der Waals surface area contributed by atoms with Crippen LogP contribution in [0.4, 0.5) is 0 Å². The molecule has 2 heterocycles. The fourth-order valence-electron chi connectivity index (χ4n) is 1.64. The molecule has 0 aliphatic carbocycles.